The summed E-state index contributed by atoms with van der Waals surface area (Å²) in [5.74, 6) is -5.69. The van der Waals surface area contributed by atoms with E-state index in [1.807, 2.05) is 0 Å². The first-order chi connectivity index (χ1) is 20.3. The van der Waals surface area contributed by atoms with Crippen LogP contribution in [-0.4, -0.2) is 63.8 Å². The van der Waals surface area contributed by atoms with Crippen molar-refractivity contribution >= 4 is 32.2 Å². The molecular weight excluding hydrogens is 686 g/mol. The molecule has 0 aromatic rings. The van der Waals surface area contributed by atoms with Crippen LogP contribution in [0.15, 0.2) is 0 Å². The van der Waals surface area contributed by atoms with Crippen LogP contribution in [0.25, 0.3) is 0 Å². The van der Waals surface area contributed by atoms with E-state index in [2.05, 4.69) is 13.1 Å². The summed E-state index contributed by atoms with van der Waals surface area (Å²) in [4.78, 5) is 25.0. The predicted octanol–water partition coefficient (Wildman–Crippen LogP) is 5.59. The molecule has 0 aromatic heterocycles. The van der Waals surface area contributed by atoms with Gasteiger partial charge in [0.25, 0.3) is 12.2 Å². The Morgan fingerprint density at radius 1 is 0.622 bits per heavy atom. The fourth-order valence-corrected chi connectivity index (χ4v) is 9.82. The Balaban J connectivity index is 1.59. The maximum atomic E-state index is 15.0. The van der Waals surface area contributed by atoms with Gasteiger partial charge in [0.1, 0.15) is 0 Å². The van der Waals surface area contributed by atoms with Crippen molar-refractivity contribution in [2.45, 2.75) is 106 Å². The molecule has 0 saturated heterocycles. The first kappa shape index (κ1) is 35.9. The average Bonchev–Trinajstić information content (AvgIpc) is 2.87. The van der Waals surface area contributed by atoms with Crippen LogP contribution in [0.4, 0.5) is 43.9 Å². The molecule has 9 nitrogen and oxygen atoms in total. The SMILES string of the molecule is O=C(OC(C(F)(F)F)C(F)(F)S(=O)(=O)OS(=O)(=O)C(F)(F)C(OC(=O)C12CC3CC(CC(C3)C1)C2)C(F)(F)F)C1CCCCC1. The molecule has 0 N–H and O–H groups in total. The maximum absolute atomic E-state index is 15.0. The highest BCUT2D eigenvalue weighted by molar-refractivity contribution is 8.00. The monoisotopic (exact) mass is 714 g/mol. The fraction of sp³-hybridized carbons (Fsp3) is 0.917. The second-order valence-electron chi connectivity index (χ2n) is 12.3. The Hall–Kier alpha value is -1.90. The highest BCUT2D eigenvalue weighted by Gasteiger charge is 2.73. The summed E-state index contributed by atoms with van der Waals surface area (Å²) < 4.78 is 200. The van der Waals surface area contributed by atoms with Crippen LogP contribution in [-0.2, 0) is 42.9 Å². The van der Waals surface area contributed by atoms with Gasteiger partial charge in [-0.15, -0.1) is 3.63 Å². The summed E-state index contributed by atoms with van der Waals surface area (Å²) in [7, 11) is -15.6. The molecule has 45 heavy (non-hydrogen) atoms. The van der Waals surface area contributed by atoms with E-state index in [0.717, 1.165) is 0 Å². The molecule has 0 aliphatic heterocycles. The van der Waals surface area contributed by atoms with E-state index in [0.29, 0.717) is 25.7 Å². The highest BCUT2D eigenvalue weighted by Crippen LogP contribution is 2.61. The lowest BCUT2D eigenvalue weighted by Crippen LogP contribution is -2.58. The van der Waals surface area contributed by atoms with Crippen molar-refractivity contribution in [3.63, 3.8) is 0 Å². The molecular formula is C24H28F10O9S2. The minimum Gasteiger partial charge on any atom is -0.444 e. The molecule has 5 rings (SSSR count). The molecule has 0 amide bonds. The normalized spacial score (nSPS) is 29.7. The van der Waals surface area contributed by atoms with E-state index in [1.54, 1.807) is 0 Å². The van der Waals surface area contributed by atoms with Gasteiger partial charge in [0.15, 0.2) is 0 Å². The standard InChI is InChI=1S/C24H28F10O9S2/c25-21(26,27)17(41-16(35)15-4-2-1-3-5-15)23(31,32)44(37,38)43-45(39,40)24(33,34)18(22(28,29)30)42-19(36)20-9-12-6-13(10-20)8-14(7-12)11-20/h12-15,17-18H,1-11H2. The van der Waals surface area contributed by atoms with E-state index in [-0.39, 0.29) is 62.7 Å². The first-order valence-corrected chi connectivity index (χ1v) is 16.6. The van der Waals surface area contributed by atoms with Crippen LogP contribution < -0.4 is 0 Å². The van der Waals surface area contributed by atoms with Gasteiger partial charge in [0.2, 0.25) is 0 Å². The third-order valence-electron chi connectivity index (χ3n) is 8.92. The van der Waals surface area contributed by atoms with Crippen molar-refractivity contribution in [1.82, 2.24) is 0 Å². The minimum absolute atomic E-state index is 0.0583. The Bertz CT molecular complexity index is 1330. The molecule has 0 heterocycles. The molecule has 0 aromatic carbocycles. The third-order valence-corrected chi connectivity index (χ3v) is 12.1. The molecule has 4 bridgehead atoms. The van der Waals surface area contributed by atoms with Crippen molar-refractivity contribution in [3.05, 3.63) is 0 Å². The van der Waals surface area contributed by atoms with Gasteiger partial charge in [-0.25, -0.2) is 0 Å². The van der Waals surface area contributed by atoms with Gasteiger partial charge in [0, 0.05) is 0 Å². The second-order valence-corrected chi connectivity index (χ2v) is 15.8. The van der Waals surface area contributed by atoms with Gasteiger partial charge in [-0.3, -0.25) is 9.59 Å². The number of esters is 2. The van der Waals surface area contributed by atoms with Crippen LogP contribution in [0.2, 0.25) is 0 Å². The van der Waals surface area contributed by atoms with Crippen LogP contribution in [0.1, 0.15) is 70.6 Å². The molecule has 5 saturated carbocycles. The van der Waals surface area contributed by atoms with E-state index < -0.39 is 78.6 Å². The molecule has 2 atom stereocenters. The minimum atomic E-state index is -7.82. The molecule has 5 aliphatic carbocycles. The van der Waals surface area contributed by atoms with Gasteiger partial charge >= 0.3 is 55.0 Å². The zero-order valence-corrected chi connectivity index (χ0v) is 24.6. The number of hydrogen-bond acceptors (Lipinski definition) is 9. The average molecular weight is 715 g/mol. The zero-order chi connectivity index (χ0) is 34.0. The molecule has 0 radical (unpaired) electrons. The van der Waals surface area contributed by atoms with E-state index in [4.69, 9.17) is 0 Å². The molecule has 5 fully saturated rings. The quantitative estimate of drug-likeness (QED) is 0.210. The molecule has 2 unspecified atom stereocenters. The summed E-state index contributed by atoms with van der Waals surface area (Å²) in [6.07, 6.45) is -20.5. The number of halogens is 10. The molecule has 21 heteroatoms. The van der Waals surface area contributed by atoms with Crippen molar-refractivity contribution in [1.29, 1.82) is 0 Å². The maximum Gasteiger partial charge on any atom is 0.432 e. The summed E-state index contributed by atoms with van der Waals surface area (Å²) in [5.41, 5.74) is -1.69. The van der Waals surface area contributed by atoms with Crippen molar-refractivity contribution in [3.8, 4) is 0 Å². The van der Waals surface area contributed by atoms with Crippen molar-refractivity contribution in [2.75, 3.05) is 0 Å². The first-order valence-electron chi connectivity index (χ1n) is 13.8. The van der Waals surface area contributed by atoms with E-state index >= 15 is 0 Å². The lowest BCUT2D eigenvalue weighted by Gasteiger charge is -2.55. The Kier molecular flexibility index (Phi) is 9.31. The van der Waals surface area contributed by atoms with Crippen LogP contribution in [0.3, 0.4) is 0 Å². The summed E-state index contributed by atoms with van der Waals surface area (Å²) >= 11 is 0. The van der Waals surface area contributed by atoms with E-state index in [1.165, 1.54) is 0 Å². The fourth-order valence-electron chi connectivity index (χ4n) is 7.27. The lowest BCUT2D eigenvalue weighted by atomic mass is 9.49. The third kappa shape index (κ3) is 6.89. The Labute approximate surface area is 250 Å². The largest absolute Gasteiger partial charge is 0.444 e. The van der Waals surface area contributed by atoms with Gasteiger partial charge in [-0.1, -0.05) is 19.3 Å². The van der Waals surface area contributed by atoms with E-state index in [9.17, 15) is 70.3 Å². The number of carbonyl (C=O) groups excluding carboxylic acids is 2. The van der Waals surface area contributed by atoms with Gasteiger partial charge < -0.3 is 9.47 Å². The summed E-state index contributed by atoms with van der Waals surface area (Å²) in [5, 5.41) is -13.3. The van der Waals surface area contributed by atoms with Gasteiger partial charge in [-0.2, -0.15) is 60.7 Å². The predicted molar refractivity (Wildman–Crippen MR) is 128 cm³/mol. The van der Waals surface area contributed by atoms with Crippen molar-refractivity contribution in [2.24, 2.45) is 29.1 Å². The lowest BCUT2D eigenvalue weighted by molar-refractivity contribution is -0.266. The Morgan fingerprint density at radius 2 is 1.00 bits per heavy atom. The number of carbonyl (C=O) groups is 2. The van der Waals surface area contributed by atoms with Crippen LogP contribution in [0.5, 0.6) is 0 Å². The summed E-state index contributed by atoms with van der Waals surface area (Å²) in [6.45, 7) is 0. The smallest absolute Gasteiger partial charge is 0.432 e. The number of hydrogen-bond donors (Lipinski definition) is 0. The van der Waals surface area contributed by atoms with Gasteiger partial charge in [0.05, 0.1) is 11.3 Å². The molecule has 0 spiro atoms. The zero-order valence-electron chi connectivity index (χ0n) is 23.0. The van der Waals surface area contributed by atoms with Crippen molar-refractivity contribution < 1.29 is 83.4 Å². The van der Waals surface area contributed by atoms with Crippen LogP contribution >= 0.6 is 0 Å². The molecule has 5 aliphatic rings. The molecule has 260 valence electrons. The van der Waals surface area contributed by atoms with Gasteiger partial charge in [-0.05, 0) is 69.1 Å². The number of rotatable bonds is 10. The van der Waals surface area contributed by atoms with Crippen LogP contribution in [0, 0.1) is 29.1 Å². The summed E-state index contributed by atoms with van der Waals surface area (Å²) in [6, 6.07) is 0. The second kappa shape index (κ2) is 11.7. The Morgan fingerprint density at radius 3 is 1.38 bits per heavy atom. The number of alkyl halides is 10. The number of ether oxygens (including phenoxy) is 2. The highest BCUT2D eigenvalue weighted by atomic mass is 32.3. The topological polar surface area (TPSA) is 130 Å².